The standard InChI is InChI=1S/C9H11F3O5S/c1-5-3-4-6(7(5)8(13)16-2)17-18(14,15)9(10,11)12/h5H,3-4H2,1-2H3. The molecule has 0 aromatic rings. The predicted octanol–water partition coefficient (Wildman–Crippen LogP) is 1.71. The van der Waals surface area contributed by atoms with E-state index in [9.17, 15) is 26.4 Å². The van der Waals surface area contributed by atoms with Crippen molar-refractivity contribution in [3.8, 4) is 0 Å². The smallest absolute Gasteiger partial charge is 0.466 e. The number of carbonyl (C=O) groups is 1. The molecule has 5 nitrogen and oxygen atoms in total. The summed E-state index contributed by atoms with van der Waals surface area (Å²) < 4.78 is 66.5. The second-order valence-electron chi connectivity index (χ2n) is 3.75. The molecule has 0 spiro atoms. The zero-order valence-corrected chi connectivity index (χ0v) is 10.4. The molecule has 1 aliphatic rings. The number of carbonyl (C=O) groups excluding carboxylic acids is 1. The molecule has 0 radical (unpaired) electrons. The Hall–Kier alpha value is -1.25. The third-order valence-electron chi connectivity index (χ3n) is 2.50. The minimum absolute atomic E-state index is 0.0547. The van der Waals surface area contributed by atoms with Crippen LogP contribution in [0.5, 0.6) is 0 Å². The molecule has 0 heterocycles. The molecule has 0 fully saturated rings. The van der Waals surface area contributed by atoms with E-state index in [1.165, 1.54) is 0 Å². The third kappa shape index (κ3) is 2.77. The van der Waals surface area contributed by atoms with Gasteiger partial charge in [-0.25, -0.2) is 4.79 Å². The van der Waals surface area contributed by atoms with E-state index in [2.05, 4.69) is 8.92 Å². The van der Waals surface area contributed by atoms with Gasteiger partial charge >= 0.3 is 21.6 Å². The number of methoxy groups -OCH3 is 1. The molecule has 0 aliphatic heterocycles. The van der Waals surface area contributed by atoms with Gasteiger partial charge in [0.05, 0.1) is 12.7 Å². The number of alkyl halides is 3. The molecule has 1 unspecified atom stereocenters. The van der Waals surface area contributed by atoms with Gasteiger partial charge in [-0.15, -0.1) is 0 Å². The Kier molecular flexibility index (Phi) is 3.94. The van der Waals surface area contributed by atoms with E-state index in [1.54, 1.807) is 6.92 Å². The molecule has 104 valence electrons. The summed E-state index contributed by atoms with van der Waals surface area (Å²) in [7, 11) is -4.69. The maximum atomic E-state index is 12.1. The minimum Gasteiger partial charge on any atom is -0.466 e. The average Bonchev–Trinajstić information content (AvgIpc) is 2.56. The lowest BCUT2D eigenvalue weighted by atomic mass is 10.0. The molecule has 0 saturated carbocycles. The Morgan fingerprint density at radius 1 is 1.39 bits per heavy atom. The molecule has 0 amide bonds. The minimum atomic E-state index is -5.74. The van der Waals surface area contributed by atoms with Crippen LogP contribution in [0.1, 0.15) is 19.8 Å². The number of hydrogen-bond donors (Lipinski definition) is 0. The van der Waals surface area contributed by atoms with Crippen molar-refractivity contribution >= 4 is 16.1 Å². The summed E-state index contributed by atoms with van der Waals surface area (Å²) in [6.07, 6.45) is 0.272. The summed E-state index contributed by atoms with van der Waals surface area (Å²) in [5.74, 6) is -1.78. The topological polar surface area (TPSA) is 69.7 Å². The van der Waals surface area contributed by atoms with Crippen LogP contribution in [-0.2, 0) is 23.8 Å². The van der Waals surface area contributed by atoms with Gasteiger partial charge < -0.3 is 8.92 Å². The van der Waals surface area contributed by atoms with E-state index in [4.69, 9.17) is 0 Å². The first-order chi connectivity index (χ1) is 8.10. The van der Waals surface area contributed by atoms with Crippen LogP contribution < -0.4 is 0 Å². The number of hydrogen-bond acceptors (Lipinski definition) is 5. The molecule has 0 aromatic heterocycles. The van der Waals surface area contributed by atoms with E-state index in [1.807, 2.05) is 0 Å². The number of halogens is 3. The summed E-state index contributed by atoms with van der Waals surface area (Å²) in [6, 6.07) is 0. The maximum Gasteiger partial charge on any atom is 0.534 e. The molecule has 1 rings (SSSR count). The van der Waals surface area contributed by atoms with Crippen LogP contribution in [-0.4, -0.2) is 27.0 Å². The number of ether oxygens (including phenoxy) is 1. The highest BCUT2D eigenvalue weighted by Gasteiger charge is 2.49. The van der Waals surface area contributed by atoms with E-state index in [-0.39, 0.29) is 12.0 Å². The number of rotatable bonds is 3. The fourth-order valence-electron chi connectivity index (χ4n) is 1.59. The zero-order chi connectivity index (χ0) is 14.1. The van der Waals surface area contributed by atoms with Gasteiger partial charge in [-0.2, -0.15) is 21.6 Å². The summed E-state index contributed by atoms with van der Waals surface area (Å²) >= 11 is 0. The third-order valence-corrected chi connectivity index (χ3v) is 3.48. The number of esters is 1. The second kappa shape index (κ2) is 4.79. The fraction of sp³-hybridized carbons (Fsp3) is 0.667. The normalized spacial score (nSPS) is 21.1. The first-order valence-corrected chi connectivity index (χ1v) is 6.33. The van der Waals surface area contributed by atoms with E-state index in [0.717, 1.165) is 7.11 Å². The lowest BCUT2D eigenvalue weighted by Crippen LogP contribution is -2.25. The second-order valence-corrected chi connectivity index (χ2v) is 5.29. The van der Waals surface area contributed by atoms with Crippen molar-refractivity contribution < 1.29 is 35.3 Å². The Morgan fingerprint density at radius 2 is 1.94 bits per heavy atom. The Morgan fingerprint density at radius 3 is 2.39 bits per heavy atom. The monoisotopic (exact) mass is 288 g/mol. The first kappa shape index (κ1) is 14.8. The fourth-order valence-corrected chi connectivity index (χ4v) is 2.13. The molecule has 0 saturated heterocycles. The largest absolute Gasteiger partial charge is 0.534 e. The highest BCUT2D eigenvalue weighted by molar-refractivity contribution is 7.87. The van der Waals surface area contributed by atoms with E-state index < -0.39 is 33.3 Å². The van der Waals surface area contributed by atoms with Crippen LogP contribution in [0.25, 0.3) is 0 Å². The molecular formula is C9H11F3O5S. The molecule has 0 N–H and O–H groups in total. The van der Waals surface area contributed by atoms with Crippen molar-refractivity contribution in [2.24, 2.45) is 5.92 Å². The van der Waals surface area contributed by atoms with Gasteiger partial charge in [-0.05, 0) is 12.3 Å². The van der Waals surface area contributed by atoms with Gasteiger partial charge in [0, 0.05) is 6.42 Å². The summed E-state index contributed by atoms with van der Waals surface area (Å²) in [4.78, 5) is 11.3. The molecule has 1 aliphatic carbocycles. The molecule has 0 bridgehead atoms. The molecular weight excluding hydrogens is 277 g/mol. The van der Waals surface area contributed by atoms with Crippen molar-refractivity contribution in [3.63, 3.8) is 0 Å². The zero-order valence-electron chi connectivity index (χ0n) is 9.57. The highest BCUT2D eigenvalue weighted by atomic mass is 32.2. The van der Waals surface area contributed by atoms with Crippen LogP contribution in [0.15, 0.2) is 11.3 Å². The van der Waals surface area contributed by atoms with Gasteiger partial charge in [0.2, 0.25) is 0 Å². The van der Waals surface area contributed by atoms with Crippen molar-refractivity contribution in [2.75, 3.05) is 7.11 Å². The van der Waals surface area contributed by atoms with Crippen LogP contribution in [0.2, 0.25) is 0 Å². The van der Waals surface area contributed by atoms with Crippen LogP contribution in [0.4, 0.5) is 13.2 Å². The van der Waals surface area contributed by atoms with Gasteiger partial charge in [0.15, 0.2) is 0 Å². The Bertz CT molecular complexity index is 477. The number of allylic oxidation sites excluding steroid dienone is 1. The van der Waals surface area contributed by atoms with Gasteiger partial charge in [-0.1, -0.05) is 6.92 Å². The molecule has 1 atom stereocenters. The maximum absolute atomic E-state index is 12.1. The van der Waals surface area contributed by atoms with Crippen LogP contribution >= 0.6 is 0 Å². The highest BCUT2D eigenvalue weighted by Crippen LogP contribution is 2.36. The summed E-state index contributed by atoms with van der Waals surface area (Å²) in [5.41, 5.74) is -5.68. The lowest BCUT2D eigenvalue weighted by Gasteiger charge is -2.12. The van der Waals surface area contributed by atoms with E-state index >= 15 is 0 Å². The average molecular weight is 288 g/mol. The molecule has 9 heteroatoms. The van der Waals surface area contributed by atoms with Gasteiger partial charge in [0.1, 0.15) is 5.76 Å². The van der Waals surface area contributed by atoms with Gasteiger partial charge in [0.25, 0.3) is 0 Å². The first-order valence-electron chi connectivity index (χ1n) is 4.92. The predicted molar refractivity (Wildman–Crippen MR) is 53.5 cm³/mol. The molecule has 0 aromatic carbocycles. The SMILES string of the molecule is COC(=O)C1=C(OS(=O)(=O)C(F)(F)F)CCC1C. The van der Waals surface area contributed by atoms with Crippen LogP contribution in [0.3, 0.4) is 0 Å². The Labute approximate surface area is 102 Å². The summed E-state index contributed by atoms with van der Waals surface area (Å²) in [6.45, 7) is 1.57. The van der Waals surface area contributed by atoms with Crippen molar-refractivity contribution in [1.29, 1.82) is 0 Å². The molecule has 18 heavy (non-hydrogen) atoms. The van der Waals surface area contributed by atoms with Crippen molar-refractivity contribution in [1.82, 2.24) is 0 Å². The summed E-state index contributed by atoms with van der Waals surface area (Å²) in [5, 5.41) is 0. The lowest BCUT2D eigenvalue weighted by molar-refractivity contribution is -0.136. The quantitative estimate of drug-likeness (QED) is 0.449. The van der Waals surface area contributed by atoms with Crippen molar-refractivity contribution in [3.05, 3.63) is 11.3 Å². The van der Waals surface area contributed by atoms with Gasteiger partial charge in [-0.3, -0.25) is 0 Å². The van der Waals surface area contributed by atoms with E-state index in [0.29, 0.717) is 6.42 Å². The van der Waals surface area contributed by atoms with Crippen LogP contribution in [0, 0.1) is 5.92 Å². The van der Waals surface area contributed by atoms with Crippen molar-refractivity contribution in [2.45, 2.75) is 25.3 Å². The Balaban J connectivity index is 3.09.